The highest BCUT2D eigenvalue weighted by molar-refractivity contribution is 5.95. The lowest BCUT2D eigenvalue weighted by atomic mass is 10.0. The molecule has 4 unspecified atom stereocenters. The number of benzene rings is 1. The number of ether oxygens (including phenoxy) is 1. The van der Waals surface area contributed by atoms with E-state index in [-0.39, 0.29) is 18.4 Å². The fourth-order valence-electron chi connectivity index (χ4n) is 4.65. The van der Waals surface area contributed by atoms with Crippen LogP contribution in [0.3, 0.4) is 0 Å². The summed E-state index contributed by atoms with van der Waals surface area (Å²) in [6.45, 7) is 0.0416. The zero-order chi connectivity index (χ0) is 14.4. The summed E-state index contributed by atoms with van der Waals surface area (Å²) in [4.78, 5) is 12.4. The molecule has 2 bridgehead atoms. The second-order valence-corrected chi connectivity index (χ2v) is 6.47. The molecule has 4 heteroatoms. The third-order valence-corrected chi connectivity index (χ3v) is 5.46. The van der Waals surface area contributed by atoms with Gasteiger partial charge in [0.25, 0.3) is 0 Å². The molecule has 1 aromatic rings. The molecule has 0 aliphatic heterocycles. The van der Waals surface area contributed by atoms with Gasteiger partial charge in [-0.15, -0.1) is 0 Å². The molecule has 0 heterocycles. The van der Waals surface area contributed by atoms with Crippen molar-refractivity contribution in [3.63, 3.8) is 0 Å². The van der Waals surface area contributed by atoms with E-state index in [9.17, 15) is 4.79 Å². The Kier molecular flexibility index (Phi) is 2.88. The number of amides is 1. The predicted octanol–water partition coefficient (Wildman–Crippen LogP) is 2.82. The lowest BCUT2D eigenvalue weighted by Gasteiger charge is -2.10. The van der Waals surface area contributed by atoms with E-state index in [1.165, 1.54) is 19.3 Å². The minimum Gasteiger partial charge on any atom is -0.479 e. The van der Waals surface area contributed by atoms with Gasteiger partial charge in [0.1, 0.15) is 11.8 Å². The van der Waals surface area contributed by atoms with Gasteiger partial charge in [0.2, 0.25) is 5.91 Å². The van der Waals surface area contributed by atoms with Gasteiger partial charge in [-0.2, -0.15) is 5.26 Å². The molecule has 0 radical (unpaired) electrons. The monoisotopic (exact) mass is 282 g/mol. The first-order valence-corrected chi connectivity index (χ1v) is 7.68. The molecule has 21 heavy (non-hydrogen) atoms. The number of anilines is 1. The molecule has 1 N–H and O–H groups in total. The van der Waals surface area contributed by atoms with Crippen LogP contribution in [0, 0.1) is 40.9 Å². The Labute approximate surface area is 124 Å². The van der Waals surface area contributed by atoms with Crippen molar-refractivity contribution in [2.45, 2.75) is 19.3 Å². The SMILES string of the molecule is N#CCOc1ccc(NC(=O)C2C3C4CCC(C4)C23)cc1. The van der Waals surface area contributed by atoms with Crippen molar-refractivity contribution in [1.29, 1.82) is 5.26 Å². The number of nitrogens with one attached hydrogen (secondary N) is 1. The number of hydrogen-bond donors (Lipinski definition) is 1. The van der Waals surface area contributed by atoms with Crippen LogP contribution in [0.4, 0.5) is 5.69 Å². The fraction of sp³-hybridized carbons (Fsp3) is 0.529. The highest BCUT2D eigenvalue weighted by Gasteiger charge is 2.67. The summed E-state index contributed by atoms with van der Waals surface area (Å²) < 4.78 is 5.20. The van der Waals surface area contributed by atoms with Gasteiger partial charge >= 0.3 is 0 Å². The van der Waals surface area contributed by atoms with Crippen molar-refractivity contribution in [3.05, 3.63) is 24.3 Å². The van der Waals surface area contributed by atoms with Crippen LogP contribution in [0.1, 0.15) is 19.3 Å². The third-order valence-electron chi connectivity index (χ3n) is 5.46. The normalized spacial score (nSPS) is 34.9. The van der Waals surface area contributed by atoms with Gasteiger partial charge in [-0.25, -0.2) is 0 Å². The minimum atomic E-state index is 0.0416. The third kappa shape index (κ3) is 2.08. The standard InChI is InChI=1S/C17H18N2O2/c18-7-8-21-13-5-3-12(4-6-13)19-17(20)16-14-10-1-2-11(9-10)15(14)16/h3-6,10-11,14-16H,1-2,8-9H2,(H,19,20). The van der Waals surface area contributed by atoms with E-state index in [0.717, 1.165) is 17.5 Å². The molecule has 3 saturated carbocycles. The zero-order valence-electron chi connectivity index (χ0n) is 11.8. The maximum atomic E-state index is 12.4. The molecule has 108 valence electrons. The smallest absolute Gasteiger partial charge is 0.228 e. The van der Waals surface area contributed by atoms with Crippen LogP contribution in [0.2, 0.25) is 0 Å². The number of carbonyl (C=O) groups is 1. The summed E-state index contributed by atoms with van der Waals surface area (Å²) in [6.07, 6.45) is 4.03. The van der Waals surface area contributed by atoms with E-state index in [1.54, 1.807) is 12.1 Å². The Balaban J connectivity index is 1.36. The van der Waals surface area contributed by atoms with E-state index in [0.29, 0.717) is 17.6 Å². The molecule has 3 aliphatic carbocycles. The van der Waals surface area contributed by atoms with Crippen LogP contribution >= 0.6 is 0 Å². The molecule has 4 rings (SSSR count). The Morgan fingerprint density at radius 2 is 1.90 bits per heavy atom. The minimum absolute atomic E-state index is 0.0416. The molecular formula is C17H18N2O2. The van der Waals surface area contributed by atoms with Crippen molar-refractivity contribution < 1.29 is 9.53 Å². The van der Waals surface area contributed by atoms with Crippen molar-refractivity contribution in [2.24, 2.45) is 29.6 Å². The Morgan fingerprint density at radius 1 is 1.24 bits per heavy atom. The second-order valence-electron chi connectivity index (χ2n) is 6.47. The van der Waals surface area contributed by atoms with E-state index in [1.807, 2.05) is 18.2 Å². The second kappa shape index (κ2) is 4.77. The fourth-order valence-corrected chi connectivity index (χ4v) is 4.65. The topological polar surface area (TPSA) is 62.1 Å². The summed E-state index contributed by atoms with van der Waals surface area (Å²) in [5.74, 6) is 4.06. The summed E-state index contributed by atoms with van der Waals surface area (Å²) >= 11 is 0. The summed E-state index contributed by atoms with van der Waals surface area (Å²) in [7, 11) is 0. The average Bonchev–Trinajstić information content (AvgIpc) is 2.95. The lowest BCUT2D eigenvalue weighted by Crippen LogP contribution is -2.18. The van der Waals surface area contributed by atoms with Gasteiger partial charge < -0.3 is 10.1 Å². The molecular weight excluding hydrogens is 264 g/mol. The maximum Gasteiger partial charge on any atom is 0.228 e. The highest BCUT2D eigenvalue weighted by Crippen LogP contribution is 2.69. The molecule has 4 atom stereocenters. The number of nitriles is 1. The quantitative estimate of drug-likeness (QED) is 0.923. The first kappa shape index (κ1) is 12.7. The zero-order valence-corrected chi connectivity index (χ0v) is 11.8. The van der Waals surface area contributed by atoms with Crippen LogP contribution in [0.5, 0.6) is 5.75 Å². The van der Waals surface area contributed by atoms with E-state index in [4.69, 9.17) is 10.00 Å². The summed E-state index contributed by atoms with van der Waals surface area (Å²) in [6, 6.07) is 9.16. The van der Waals surface area contributed by atoms with Crippen molar-refractivity contribution in [3.8, 4) is 11.8 Å². The summed E-state index contributed by atoms with van der Waals surface area (Å²) in [5, 5.41) is 11.5. The van der Waals surface area contributed by atoms with Gasteiger partial charge in [0, 0.05) is 11.6 Å². The van der Waals surface area contributed by atoms with Crippen LogP contribution in [-0.2, 0) is 4.79 Å². The molecule has 4 nitrogen and oxygen atoms in total. The van der Waals surface area contributed by atoms with Crippen LogP contribution in [-0.4, -0.2) is 12.5 Å². The Morgan fingerprint density at radius 3 is 2.52 bits per heavy atom. The molecule has 3 fully saturated rings. The van der Waals surface area contributed by atoms with E-state index < -0.39 is 0 Å². The van der Waals surface area contributed by atoms with Crippen molar-refractivity contribution in [2.75, 3.05) is 11.9 Å². The number of hydrogen-bond acceptors (Lipinski definition) is 3. The van der Waals surface area contributed by atoms with Crippen molar-refractivity contribution in [1.82, 2.24) is 0 Å². The van der Waals surface area contributed by atoms with Gasteiger partial charge in [-0.05, 0) is 67.2 Å². The predicted molar refractivity (Wildman–Crippen MR) is 77.5 cm³/mol. The Hall–Kier alpha value is -2.02. The van der Waals surface area contributed by atoms with Crippen LogP contribution < -0.4 is 10.1 Å². The molecule has 1 amide bonds. The van der Waals surface area contributed by atoms with Gasteiger partial charge in [-0.3, -0.25) is 4.79 Å². The van der Waals surface area contributed by atoms with Crippen molar-refractivity contribution >= 4 is 11.6 Å². The van der Waals surface area contributed by atoms with E-state index in [2.05, 4.69) is 5.32 Å². The number of carbonyl (C=O) groups excluding carboxylic acids is 1. The van der Waals surface area contributed by atoms with Crippen LogP contribution in [0.15, 0.2) is 24.3 Å². The molecule has 0 saturated heterocycles. The Bertz CT molecular complexity index is 588. The summed E-state index contributed by atoms with van der Waals surface area (Å²) in [5.41, 5.74) is 0.807. The van der Waals surface area contributed by atoms with Gasteiger partial charge in [0.05, 0.1) is 0 Å². The first-order valence-electron chi connectivity index (χ1n) is 7.68. The molecule has 1 aromatic carbocycles. The number of rotatable bonds is 4. The van der Waals surface area contributed by atoms with Gasteiger partial charge in [0.15, 0.2) is 6.61 Å². The largest absolute Gasteiger partial charge is 0.479 e. The first-order chi connectivity index (χ1) is 10.3. The number of nitrogens with zero attached hydrogens (tertiary/aromatic N) is 1. The maximum absolute atomic E-state index is 12.4. The highest BCUT2D eigenvalue weighted by atomic mass is 16.5. The molecule has 0 spiro atoms. The average molecular weight is 282 g/mol. The molecule has 0 aromatic heterocycles. The molecule has 3 aliphatic rings. The number of fused-ring (bicyclic) bond motifs is 5. The van der Waals surface area contributed by atoms with Crippen LogP contribution in [0.25, 0.3) is 0 Å². The van der Waals surface area contributed by atoms with E-state index >= 15 is 0 Å². The van der Waals surface area contributed by atoms with Gasteiger partial charge in [-0.1, -0.05) is 0 Å². The lowest BCUT2D eigenvalue weighted by molar-refractivity contribution is -0.118.